The van der Waals surface area contributed by atoms with E-state index in [1.54, 1.807) is 0 Å². The Hall–Kier alpha value is 0.0700. The zero-order chi connectivity index (χ0) is 13.9. The summed E-state index contributed by atoms with van der Waals surface area (Å²) in [6.45, 7) is 4.98. The van der Waals surface area contributed by atoms with Crippen molar-refractivity contribution in [2.24, 2.45) is 11.7 Å². The van der Waals surface area contributed by atoms with Gasteiger partial charge in [-0.3, -0.25) is 9.05 Å². The Morgan fingerprint density at radius 1 is 1.06 bits per heavy atom. The molecule has 0 fully saturated rings. The molecular formula is C12H28NO4P. The first-order valence-corrected chi connectivity index (χ1v) is 8.29. The van der Waals surface area contributed by atoms with Gasteiger partial charge in [-0.05, 0) is 12.3 Å². The molecule has 0 aromatic rings. The minimum atomic E-state index is -3.86. The number of unbranched alkanes of at least 4 members (excludes halogenated alkanes) is 4. The summed E-state index contributed by atoms with van der Waals surface area (Å²) in [5.74, 6) is 0.772. The Bertz CT molecular complexity index is 236. The van der Waals surface area contributed by atoms with Gasteiger partial charge in [0.05, 0.1) is 13.2 Å². The Morgan fingerprint density at radius 3 is 2.22 bits per heavy atom. The summed E-state index contributed by atoms with van der Waals surface area (Å²) in [5.41, 5.74) is 5.17. The summed E-state index contributed by atoms with van der Waals surface area (Å²) in [6.07, 6.45) is 6.72. The van der Waals surface area contributed by atoms with Crippen LogP contribution in [0, 0.1) is 5.92 Å². The molecule has 0 rings (SSSR count). The molecule has 6 heteroatoms. The minimum absolute atomic E-state index is 0.0446. The van der Waals surface area contributed by atoms with Crippen LogP contribution in [0.15, 0.2) is 0 Å². The summed E-state index contributed by atoms with van der Waals surface area (Å²) in [4.78, 5) is 9.20. The molecule has 0 heterocycles. The molecule has 3 N–H and O–H groups in total. The van der Waals surface area contributed by atoms with Crippen LogP contribution in [0.3, 0.4) is 0 Å². The molecule has 5 nitrogen and oxygen atoms in total. The predicted octanol–water partition coefficient (Wildman–Crippen LogP) is 3.08. The van der Waals surface area contributed by atoms with Crippen molar-refractivity contribution in [3.05, 3.63) is 0 Å². The zero-order valence-corrected chi connectivity index (χ0v) is 12.5. The second kappa shape index (κ2) is 10.9. The first-order valence-electron chi connectivity index (χ1n) is 6.80. The van der Waals surface area contributed by atoms with Crippen molar-refractivity contribution >= 4 is 7.82 Å². The molecule has 0 spiro atoms. The first kappa shape index (κ1) is 18.1. The van der Waals surface area contributed by atoms with Crippen LogP contribution in [-0.4, -0.2) is 24.7 Å². The zero-order valence-electron chi connectivity index (χ0n) is 11.6. The van der Waals surface area contributed by atoms with Crippen LogP contribution >= 0.6 is 7.82 Å². The van der Waals surface area contributed by atoms with Crippen LogP contribution in [0.25, 0.3) is 0 Å². The maximum Gasteiger partial charge on any atom is 0.472 e. The van der Waals surface area contributed by atoms with Crippen molar-refractivity contribution in [3.63, 3.8) is 0 Å². The fourth-order valence-corrected chi connectivity index (χ4v) is 2.34. The second-order valence-corrected chi connectivity index (χ2v) is 6.33. The summed E-state index contributed by atoms with van der Waals surface area (Å²) in [6, 6.07) is 0. The predicted molar refractivity (Wildman–Crippen MR) is 73.3 cm³/mol. The molecule has 18 heavy (non-hydrogen) atoms. The van der Waals surface area contributed by atoms with Gasteiger partial charge in [-0.2, -0.15) is 0 Å². The van der Waals surface area contributed by atoms with Gasteiger partial charge >= 0.3 is 7.82 Å². The highest BCUT2D eigenvalue weighted by atomic mass is 31.2. The Labute approximate surface area is 111 Å². The lowest BCUT2D eigenvalue weighted by molar-refractivity contribution is 0.150. The number of nitrogens with two attached hydrogens (primary N) is 1. The number of rotatable bonds is 12. The highest BCUT2D eigenvalue weighted by molar-refractivity contribution is 7.47. The quantitative estimate of drug-likeness (QED) is 0.424. The lowest BCUT2D eigenvalue weighted by Crippen LogP contribution is -2.08. The number of phosphoric acid groups is 1. The standard InChI is InChI=1S/C12H28NO4P/c1-12(2)8-6-4-3-5-7-10-16-18(14,15)17-11-9-13/h12H,3-11,13H2,1-2H3,(H,14,15). The van der Waals surface area contributed by atoms with Gasteiger partial charge in [0.25, 0.3) is 0 Å². The van der Waals surface area contributed by atoms with Crippen molar-refractivity contribution < 1.29 is 18.5 Å². The average Bonchev–Trinajstić information content (AvgIpc) is 2.29. The van der Waals surface area contributed by atoms with Gasteiger partial charge in [0.2, 0.25) is 0 Å². The monoisotopic (exact) mass is 281 g/mol. The van der Waals surface area contributed by atoms with Crippen LogP contribution in [0.1, 0.15) is 52.4 Å². The minimum Gasteiger partial charge on any atom is -0.328 e. The normalized spacial score (nSPS) is 14.9. The van der Waals surface area contributed by atoms with Gasteiger partial charge in [0.15, 0.2) is 0 Å². The Morgan fingerprint density at radius 2 is 1.61 bits per heavy atom. The molecule has 0 saturated carbocycles. The van der Waals surface area contributed by atoms with Gasteiger partial charge < -0.3 is 10.6 Å². The molecule has 0 aromatic carbocycles. The van der Waals surface area contributed by atoms with E-state index in [9.17, 15) is 9.46 Å². The van der Waals surface area contributed by atoms with Gasteiger partial charge in [0, 0.05) is 6.54 Å². The molecule has 1 unspecified atom stereocenters. The number of hydrogen-bond donors (Lipinski definition) is 2. The van der Waals surface area contributed by atoms with E-state index in [1.165, 1.54) is 19.3 Å². The molecule has 1 atom stereocenters. The van der Waals surface area contributed by atoms with Gasteiger partial charge in [-0.1, -0.05) is 46.0 Å². The molecule has 0 radical (unpaired) electrons. The van der Waals surface area contributed by atoms with E-state index >= 15 is 0 Å². The number of hydrogen-bond acceptors (Lipinski definition) is 4. The van der Waals surface area contributed by atoms with Crippen LogP contribution in [-0.2, 0) is 13.6 Å². The fraction of sp³-hybridized carbons (Fsp3) is 1.00. The summed E-state index contributed by atoms with van der Waals surface area (Å²) in [5, 5.41) is 0. The maximum absolute atomic E-state index is 11.2. The maximum atomic E-state index is 11.2. The summed E-state index contributed by atoms with van der Waals surface area (Å²) in [7, 11) is -3.86. The molecular weight excluding hydrogens is 253 g/mol. The van der Waals surface area contributed by atoms with Crippen LogP contribution in [0.2, 0.25) is 0 Å². The van der Waals surface area contributed by atoms with Crippen molar-refractivity contribution in [3.8, 4) is 0 Å². The molecule has 0 aliphatic rings. The third-order valence-corrected chi connectivity index (χ3v) is 3.57. The first-order chi connectivity index (χ1) is 8.48. The van der Waals surface area contributed by atoms with E-state index < -0.39 is 7.82 Å². The van der Waals surface area contributed by atoms with E-state index in [1.807, 2.05) is 0 Å². The smallest absolute Gasteiger partial charge is 0.328 e. The van der Waals surface area contributed by atoms with E-state index in [2.05, 4.69) is 18.4 Å². The van der Waals surface area contributed by atoms with E-state index in [0.717, 1.165) is 25.2 Å². The third-order valence-electron chi connectivity index (χ3n) is 2.55. The lowest BCUT2D eigenvalue weighted by Gasteiger charge is -2.11. The molecule has 0 bridgehead atoms. The van der Waals surface area contributed by atoms with E-state index in [-0.39, 0.29) is 19.8 Å². The van der Waals surface area contributed by atoms with Crippen LogP contribution < -0.4 is 5.73 Å². The Balaban J connectivity index is 3.31. The van der Waals surface area contributed by atoms with Crippen LogP contribution in [0.4, 0.5) is 0 Å². The van der Waals surface area contributed by atoms with E-state index in [0.29, 0.717) is 0 Å². The van der Waals surface area contributed by atoms with Crippen molar-refractivity contribution in [1.82, 2.24) is 0 Å². The summed E-state index contributed by atoms with van der Waals surface area (Å²) < 4.78 is 20.7. The average molecular weight is 281 g/mol. The van der Waals surface area contributed by atoms with E-state index in [4.69, 9.17) is 10.3 Å². The molecule has 0 aliphatic heterocycles. The largest absolute Gasteiger partial charge is 0.472 e. The van der Waals surface area contributed by atoms with Gasteiger partial charge in [-0.15, -0.1) is 0 Å². The topological polar surface area (TPSA) is 81.8 Å². The Kier molecular flexibility index (Phi) is 11.0. The van der Waals surface area contributed by atoms with Crippen molar-refractivity contribution in [2.75, 3.05) is 19.8 Å². The third kappa shape index (κ3) is 12.5. The molecule has 110 valence electrons. The van der Waals surface area contributed by atoms with Gasteiger partial charge in [-0.25, -0.2) is 4.57 Å². The highest BCUT2D eigenvalue weighted by Crippen LogP contribution is 2.42. The fourth-order valence-electron chi connectivity index (χ4n) is 1.57. The SMILES string of the molecule is CC(C)CCCCCCCOP(=O)(O)OCCN. The lowest BCUT2D eigenvalue weighted by atomic mass is 10.0. The van der Waals surface area contributed by atoms with Gasteiger partial charge in [0.1, 0.15) is 0 Å². The second-order valence-electron chi connectivity index (χ2n) is 4.87. The van der Waals surface area contributed by atoms with Crippen LogP contribution in [0.5, 0.6) is 0 Å². The number of phosphoric ester groups is 1. The highest BCUT2D eigenvalue weighted by Gasteiger charge is 2.19. The summed E-state index contributed by atoms with van der Waals surface area (Å²) >= 11 is 0. The molecule has 0 aromatic heterocycles. The molecule has 0 aliphatic carbocycles. The molecule has 0 amide bonds. The van der Waals surface area contributed by atoms with Crippen molar-refractivity contribution in [1.29, 1.82) is 0 Å². The van der Waals surface area contributed by atoms with Crippen molar-refractivity contribution in [2.45, 2.75) is 52.4 Å². The molecule has 0 saturated heterocycles.